The Morgan fingerprint density at radius 3 is 2.95 bits per heavy atom. The topological polar surface area (TPSA) is 147 Å². The summed E-state index contributed by atoms with van der Waals surface area (Å²) < 4.78 is 12.2. The van der Waals surface area contributed by atoms with Crippen LogP contribution in [0.2, 0.25) is 0 Å². The normalized spacial score (nSPS) is 12.5. The molecule has 0 spiro atoms. The Morgan fingerprint density at radius 1 is 1.53 bits per heavy atom. The molecule has 0 aromatic carbocycles. The maximum atomic E-state index is 11.5. The van der Waals surface area contributed by atoms with Crippen molar-refractivity contribution in [1.29, 1.82) is 0 Å². The van der Waals surface area contributed by atoms with Crippen molar-refractivity contribution in [3.63, 3.8) is 0 Å². The van der Waals surface area contributed by atoms with Gasteiger partial charge in [0.1, 0.15) is 0 Å². The van der Waals surface area contributed by atoms with Crippen molar-refractivity contribution in [3.8, 4) is 0 Å². The minimum atomic E-state index is -4.13. The van der Waals surface area contributed by atoms with E-state index in [0.29, 0.717) is 18.6 Å². The lowest BCUT2D eigenvalue weighted by Crippen LogP contribution is -2.12. The molecule has 2 heterocycles. The summed E-state index contributed by atoms with van der Waals surface area (Å²) >= 11 is 0. The van der Waals surface area contributed by atoms with Gasteiger partial charge < -0.3 is 20.1 Å². The first kappa shape index (κ1) is 13.5. The summed E-state index contributed by atoms with van der Waals surface area (Å²) in [6.07, 6.45) is 3.16. The van der Waals surface area contributed by atoms with Crippen LogP contribution in [0, 0.1) is 0 Å². The van der Waals surface area contributed by atoms with E-state index in [1.807, 2.05) is 0 Å². The molecule has 0 aliphatic carbocycles. The van der Waals surface area contributed by atoms with Gasteiger partial charge in [0.05, 0.1) is 6.33 Å². The fraction of sp³-hybridized carbons (Fsp3) is 0.222. The largest absolute Gasteiger partial charge is 0.369 e. The number of nitrogens with one attached hydrogen (secondary N) is 1. The number of nitrogens with two attached hydrogens (primary N) is 1. The molecule has 10 heteroatoms. The number of H-pyrrole nitrogens is 1. The van der Waals surface area contributed by atoms with E-state index in [0.717, 1.165) is 5.82 Å². The zero-order valence-corrected chi connectivity index (χ0v) is 10.6. The molecule has 9 nitrogen and oxygen atoms in total. The molecule has 2 aromatic heterocycles. The van der Waals surface area contributed by atoms with Crippen LogP contribution >= 0.6 is 7.60 Å². The van der Waals surface area contributed by atoms with E-state index in [-0.39, 0.29) is 11.5 Å². The number of nitrogen functional groups attached to an aromatic ring is 1. The molecule has 0 radical (unpaired) electrons. The zero-order chi connectivity index (χ0) is 14.0. The van der Waals surface area contributed by atoms with Crippen LogP contribution in [-0.4, -0.2) is 29.3 Å². The van der Waals surface area contributed by atoms with Crippen LogP contribution in [0.4, 0.5) is 5.95 Å². The molecular weight excluding hydrogens is 273 g/mol. The first-order valence-electron chi connectivity index (χ1n) is 5.30. The molecule has 5 N–H and O–H groups in total. The summed E-state index contributed by atoms with van der Waals surface area (Å²) in [6.45, 7) is 0.378. The number of imidazole rings is 1. The minimum absolute atomic E-state index is 0.00925. The molecule has 19 heavy (non-hydrogen) atoms. The number of nitrogens with zero attached hydrogens (tertiary/aromatic N) is 3. The van der Waals surface area contributed by atoms with Gasteiger partial charge in [-0.1, -0.05) is 6.08 Å². The Kier molecular flexibility index (Phi) is 3.52. The van der Waals surface area contributed by atoms with Crippen LogP contribution in [0.3, 0.4) is 0 Å². The van der Waals surface area contributed by atoms with Crippen molar-refractivity contribution in [2.75, 3.05) is 5.73 Å². The highest BCUT2D eigenvalue weighted by atomic mass is 31.2. The summed E-state index contributed by atoms with van der Waals surface area (Å²) in [7, 11) is -4.13. The second-order valence-corrected chi connectivity index (χ2v) is 5.30. The minimum Gasteiger partial charge on any atom is -0.369 e. The van der Waals surface area contributed by atoms with Crippen molar-refractivity contribution in [2.45, 2.75) is 13.0 Å². The summed E-state index contributed by atoms with van der Waals surface area (Å²) in [4.78, 5) is 39.0. The highest BCUT2D eigenvalue weighted by Crippen LogP contribution is 2.35. The first-order valence-corrected chi connectivity index (χ1v) is 6.98. The van der Waals surface area contributed by atoms with E-state index >= 15 is 0 Å². The molecule has 0 unspecified atom stereocenters. The predicted octanol–water partition coefficient (Wildman–Crippen LogP) is -0.217. The number of aryl methyl sites for hydroxylation is 1. The van der Waals surface area contributed by atoms with Crippen LogP contribution in [0.5, 0.6) is 0 Å². The fourth-order valence-corrected chi connectivity index (χ4v) is 1.98. The molecule has 0 fully saturated rings. The van der Waals surface area contributed by atoms with E-state index in [2.05, 4.69) is 15.0 Å². The van der Waals surface area contributed by atoms with E-state index in [1.54, 1.807) is 4.57 Å². The molecule has 102 valence electrons. The molecule has 0 atom stereocenters. The Balaban J connectivity index is 2.21. The summed E-state index contributed by atoms with van der Waals surface area (Å²) in [5, 5.41) is 0. The maximum Gasteiger partial charge on any atom is 0.348 e. The van der Waals surface area contributed by atoms with E-state index < -0.39 is 13.2 Å². The number of fused-ring (bicyclic) bond motifs is 1. The Labute approximate surface area is 107 Å². The number of anilines is 1. The number of rotatable bonds is 4. The van der Waals surface area contributed by atoms with Gasteiger partial charge in [-0.2, -0.15) is 4.98 Å². The monoisotopic (exact) mass is 285 g/mol. The van der Waals surface area contributed by atoms with Crippen LogP contribution in [-0.2, 0) is 11.1 Å². The lowest BCUT2D eigenvalue weighted by Gasteiger charge is -2.01. The van der Waals surface area contributed by atoms with Gasteiger partial charge in [-0.3, -0.25) is 14.3 Å². The molecule has 0 aliphatic heterocycles. The lowest BCUT2D eigenvalue weighted by molar-refractivity contribution is 0.386. The van der Waals surface area contributed by atoms with E-state index in [1.165, 1.54) is 12.4 Å². The first-order chi connectivity index (χ1) is 8.87. The number of hydrogen-bond acceptors (Lipinski definition) is 5. The average molecular weight is 285 g/mol. The Bertz CT molecular complexity index is 728. The summed E-state index contributed by atoms with van der Waals surface area (Å²) in [6, 6.07) is 0. The van der Waals surface area contributed by atoms with Gasteiger partial charge in [-0.25, -0.2) is 4.98 Å². The van der Waals surface area contributed by atoms with Crippen LogP contribution < -0.4 is 11.3 Å². The van der Waals surface area contributed by atoms with Gasteiger partial charge >= 0.3 is 7.60 Å². The second-order valence-electron chi connectivity index (χ2n) is 3.82. The number of hydrogen-bond donors (Lipinski definition) is 4. The summed E-state index contributed by atoms with van der Waals surface area (Å²) in [5.74, 6) is 0.825. The van der Waals surface area contributed by atoms with Gasteiger partial charge in [-0.05, 0) is 6.42 Å². The number of aromatic amines is 1. The molecule has 0 saturated heterocycles. The van der Waals surface area contributed by atoms with Crippen molar-refractivity contribution >= 4 is 24.7 Å². The lowest BCUT2D eigenvalue weighted by atomic mass is 10.4. The van der Waals surface area contributed by atoms with Crippen LogP contribution in [0.1, 0.15) is 6.42 Å². The van der Waals surface area contributed by atoms with Crippen molar-refractivity contribution in [2.24, 2.45) is 0 Å². The van der Waals surface area contributed by atoms with E-state index in [9.17, 15) is 9.36 Å². The molecular formula is C9H12N5O4P. The van der Waals surface area contributed by atoms with Gasteiger partial charge in [0, 0.05) is 12.4 Å². The number of aromatic nitrogens is 4. The van der Waals surface area contributed by atoms with E-state index in [4.69, 9.17) is 15.5 Å². The molecule has 0 saturated carbocycles. The third kappa shape index (κ3) is 3.28. The average Bonchev–Trinajstić information content (AvgIpc) is 2.66. The fourth-order valence-electron chi connectivity index (χ4n) is 1.56. The quantitative estimate of drug-likeness (QED) is 0.568. The van der Waals surface area contributed by atoms with Crippen LogP contribution in [0.15, 0.2) is 23.0 Å². The molecule has 0 bridgehead atoms. The third-order valence-corrected chi connectivity index (χ3v) is 2.93. The maximum absolute atomic E-state index is 11.5. The van der Waals surface area contributed by atoms with Gasteiger partial charge in [0.25, 0.3) is 5.56 Å². The summed E-state index contributed by atoms with van der Waals surface area (Å²) in [5.41, 5.74) is 5.53. The smallest absolute Gasteiger partial charge is 0.348 e. The Morgan fingerprint density at radius 2 is 2.26 bits per heavy atom. The highest BCUT2D eigenvalue weighted by molar-refractivity contribution is 7.55. The molecule has 2 aromatic rings. The highest BCUT2D eigenvalue weighted by Gasteiger charge is 2.09. The third-order valence-electron chi connectivity index (χ3n) is 2.33. The zero-order valence-electron chi connectivity index (χ0n) is 9.72. The predicted molar refractivity (Wildman–Crippen MR) is 68.4 cm³/mol. The molecule has 2 rings (SSSR count). The van der Waals surface area contributed by atoms with Crippen molar-refractivity contribution < 1.29 is 14.4 Å². The standard InChI is InChI=1S/C9H12N5O4P/c10-9-12-7-6(8(15)13-9)11-5-14(7)3-1-2-4-19(16,17)18/h2,4-5H,1,3H2,(H2,16,17,18)(H3,10,12,13,15)/b4-2-. The second kappa shape index (κ2) is 4.96. The van der Waals surface area contributed by atoms with Gasteiger partial charge in [0.2, 0.25) is 5.95 Å². The SMILES string of the molecule is Nc1nc2c(ncn2CC/C=C\P(=O)(O)O)c(=O)[nH]1. The van der Waals surface area contributed by atoms with Crippen molar-refractivity contribution in [3.05, 3.63) is 28.6 Å². The molecule has 0 aliphatic rings. The van der Waals surface area contributed by atoms with Gasteiger partial charge in [-0.15, -0.1) is 0 Å². The number of allylic oxidation sites excluding steroid dienone is 1. The Hall–Kier alpha value is -1.96. The van der Waals surface area contributed by atoms with Crippen LogP contribution in [0.25, 0.3) is 11.2 Å². The van der Waals surface area contributed by atoms with Crippen molar-refractivity contribution in [1.82, 2.24) is 19.5 Å². The molecule has 0 amide bonds. The van der Waals surface area contributed by atoms with Gasteiger partial charge in [0.15, 0.2) is 11.2 Å².